The van der Waals surface area contributed by atoms with E-state index in [0.29, 0.717) is 6.42 Å². The quantitative estimate of drug-likeness (QED) is 0.772. The van der Waals surface area contributed by atoms with Crippen LogP contribution in [0.5, 0.6) is 0 Å². The number of halogens is 2. The molecule has 0 spiro atoms. The van der Waals surface area contributed by atoms with Gasteiger partial charge in [-0.2, -0.15) is 0 Å². The van der Waals surface area contributed by atoms with Gasteiger partial charge in [0.05, 0.1) is 5.02 Å². The Kier molecular flexibility index (Phi) is 6.88. The number of rotatable bonds is 8. The van der Waals surface area contributed by atoms with Crippen LogP contribution in [-0.2, 0) is 10.0 Å². The van der Waals surface area contributed by atoms with Crippen LogP contribution in [0.4, 0.5) is 4.39 Å². The zero-order valence-corrected chi connectivity index (χ0v) is 12.8. The lowest BCUT2D eigenvalue weighted by molar-refractivity contribution is 0.251. The Morgan fingerprint density at radius 3 is 2.70 bits per heavy atom. The van der Waals surface area contributed by atoms with E-state index in [2.05, 4.69) is 4.72 Å². The first-order valence-corrected chi connectivity index (χ1v) is 8.33. The van der Waals surface area contributed by atoms with Gasteiger partial charge in [0, 0.05) is 13.2 Å². The molecule has 1 rings (SSSR count). The summed E-state index contributed by atoms with van der Waals surface area (Å²) in [5, 5.41) is 8.71. The first kappa shape index (κ1) is 17.4. The maximum atomic E-state index is 13.7. The van der Waals surface area contributed by atoms with Crippen LogP contribution in [0.3, 0.4) is 0 Å². The van der Waals surface area contributed by atoms with Crippen LogP contribution in [0.1, 0.15) is 26.2 Å². The van der Waals surface area contributed by atoms with Gasteiger partial charge in [-0.3, -0.25) is 0 Å². The lowest BCUT2D eigenvalue weighted by Gasteiger charge is -2.16. The predicted molar refractivity (Wildman–Crippen MR) is 76.7 cm³/mol. The van der Waals surface area contributed by atoms with Gasteiger partial charge in [0.1, 0.15) is 4.90 Å². The SMILES string of the molecule is CCCC(CCO)CNS(=O)(=O)c1cccc(Cl)c1F. The molecular weight excluding hydrogens is 305 g/mol. The van der Waals surface area contributed by atoms with Gasteiger partial charge in [-0.1, -0.05) is 31.0 Å². The van der Waals surface area contributed by atoms with Crippen molar-refractivity contribution in [3.63, 3.8) is 0 Å². The summed E-state index contributed by atoms with van der Waals surface area (Å²) in [5.74, 6) is -0.919. The molecule has 0 aliphatic carbocycles. The molecule has 1 atom stereocenters. The molecule has 114 valence electrons. The van der Waals surface area contributed by atoms with Gasteiger partial charge in [-0.25, -0.2) is 17.5 Å². The van der Waals surface area contributed by atoms with E-state index >= 15 is 0 Å². The zero-order valence-electron chi connectivity index (χ0n) is 11.3. The van der Waals surface area contributed by atoms with Crippen LogP contribution in [0, 0.1) is 11.7 Å². The first-order valence-electron chi connectivity index (χ1n) is 6.47. The van der Waals surface area contributed by atoms with Gasteiger partial charge in [0.2, 0.25) is 10.0 Å². The zero-order chi connectivity index (χ0) is 15.2. The van der Waals surface area contributed by atoms with Crippen LogP contribution in [0.25, 0.3) is 0 Å². The minimum atomic E-state index is -3.94. The van der Waals surface area contributed by atoms with Crippen LogP contribution >= 0.6 is 11.6 Å². The molecule has 0 fully saturated rings. The molecule has 0 aromatic heterocycles. The molecule has 0 aliphatic rings. The highest BCUT2D eigenvalue weighted by Gasteiger charge is 2.21. The summed E-state index contributed by atoms with van der Waals surface area (Å²) in [5.41, 5.74) is 0. The fraction of sp³-hybridized carbons (Fsp3) is 0.538. The summed E-state index contributed by atoms with van der Waals surface area (Å²) in [7, 11) is -3.94. The highest BCUT2D eigenvalue weighted by molar-refractivity contribution is 7.89. The van der Waals surface area contributed by atoms with Crippen LogP contribution in [0.15, 0.2) is 23.1 Å². The van der Waals surface area contributed by atoms with Crippen molar-refractivity contribution in [2.24, 2.45) is 5.92 Å². The van der Waals surface area contributed by atoms with Gasteiger partial charge < -0.3 is 5.11 Å². The van der Waals surface area contributed by atoms with Crippen LogP contribution in [-0.4, -0.2) is 26.7 Å². The molecule has 0 bridgehead atoms. The summed E-state index contributed by atoms with van der Waals surface area (Å²) >= 11 is 5.58. The van der Waals surface area contributed by atoms with Gasteiger partial charge >= 0.3 is 0 Å². The average molecular weight is 324 g/mol. The molecule has 1 aromatic carbocycles. The molecule has 7 heteroatoms. The van der Waals surface area contributed by atoms with Crippen molar-refractivity contribution in [1.82, 2.24) is 4.72 Å². The number of benzene rings is 1. The Balaban J connectivity index is 2.81. The van der Waals surface area contributed by atoms with E-state index < -0.39 is 20.7 Å². The van der Waals surface area contributed by atoms with Crippen LogP contribution < -0.4 is 4.72 Å². The number of hydrogen-bond acceptors (Lipinski definition) is 3. The van der Waals surface area contributed by atoms with E-state index in [1.165, 1.54) is 18.2 Å². The Labute approximate surface area is 124 Å². The fourth-order valence-corrected chi connectivity index (χ4v) is 3.38. The van der Waals surface area contributed by atoms with Gasteiger partial charge in [0.25, 0.3) is 0 Å². The van der Waals surface area contributed by atoms with Crippen molar-refractivity contribution in [3.8, 4) is 0 Å². The third-order valence-corrected chi connectivity index (χ3v) is 4.73. The van der Waals surface area contributed by atoms with E-state index in [4.69, 9.17) is 16.7 Å². The molecule has 1 unspecified atom stereocenters. The van der Waals surface area contributed by atoms with Crippen molar-refractivity contribution in [2.75, 3.05) is 13.2 Å². The minimum Gasteiger partial charge on any atom is -0.396 e. The monoisotopic (exact) mass is 323 g/mol. The molecule has 0 saturated carbocycles. The molecule has 0 saturated heterocycles. The summed E-state index contributed by atoms with van der Waals surface area (Å²) in [6.45, 7) is 2.15. The van der Waals surface area contributed by atoms with Crippen molar-refractivity contribution >= 4 is 21.6 Å². The fourth-order valence-electron chi connectivity index (χ4n) is 1.94. The molecule has 1 aromatic rings. The first-order chi connectivity index (χ1) is 9.42. The topological polar surface area (TPSA) is 66.4 Å². The summed E-state index contributed by atoms with van der Waals surface area (Å²) in [6, 6.07) is 3.85. The van der Waals surface area contributed by atoms with Crippen LogP contribution in [0.2, 0.25) is 5.02 Å². The highest BCUT2D eigenvalue weighted by Crippen LogP contribution is 2.22. The Morgan fingerprint density at radius 1 is 1.40 bits per heavy atom. The summed E-state index contributed by atoms with van der Waals surface area (Å²) in [6.07, 6.45) is 2.19. The maximum Gasteiger partial charge on any atom is 0.243 e. The van der Waals surface area contributed by atoms with E-state index in [-0.39, 0.29) is 24.1 Å². The molecule has 0 heterocycles. The number of aliphatic hydroxyl groups is 1. The molecule has 0 aliphatic heterocycles. The van der Waals surface area contributed by atoms with Crippen molar-refractivity contribution in [3.05, 3.63) is 29.0 Å². The number of sulfonamides is 1. The van der Waals surface area contributed by atoms with Gasteiger partial charge in [-0.15, -0.1) is 0 Å². The molecule has 2 N–H and O–H groups in total. The smallest absolute Gasteiger partial charge is 0.243 e. The minimum absolute atomic E-state index is 0.00206. The second-order valence-corrected chi connectivity index (χ2v) is 6.71. The van der Waals surface area contributed by atoms with Gasteiger partial charge in [-0.05, 0) is 30.9 Å². The summed E-state index contributed by atoms with van der Waals surface area (Å²) < 4.78 is 40.2. The van der Waals surface area contributed by atoms with Crippen molar-refractivity contribution < 1.29 is 17.9 Å². The van der Waals surface area contributed by atoms with Crippen molar-refractivity contribution in [2.45, 2.75) is 31.1 Å². The summed E-state index contributed by atoms with van der Waals surface area (Å²) in [4.78, 5) is -0.454. The van der Waals surface area contributed by atoms with Crippen molar-refractivity contribution in [1.29, 1.82) is 0 Å². The van der Waals surface area contributed by atoms with Gasteiger partial charge in [0.15, 0.2) is 5.82 Å². The maximum absolute atomic E-state index is 13.7. The molecule has 4 nitrogen and oxygen atoms in total. The lowest BCUT2D eigenvalue weighted by atomic mass is 10.0. The van der Waals surface area contributed by atoms with E-state index in [1.54, 1.807) is 0 Å². The van der Waals surface area contributed by atoms with E-state index in [9.17, 15) is 12.8 Å². The number of nitrogens with one attached hydrogen (secondary N) is 1. The lowest BCUT2D eigenvalue weighted by Crippen LogP contribution is -2.30. The Morgan fingerprint density at radius 2 is 2.10 bits per heavy atom. The Hall–Kier alpha value is -0.690. The highest BCUT2D eigenvalue weighted by atomic mass is 35.5. The number of hydrogen-bond donors (Lipinski definition) is 2. The molecule has 20 heavy (non-hydrogen) atoms. The largest absolute Gasteiger partial charge is 0.396 e. The second-order valence-electron chi connectivity index (χ2n) is 4.57. The van der Waals surface area contributed by atoms with E-state index in [0.717, 1.165) is 12.8 Å². The Bertz CT molecular complexity index is 530. The average Bonchev–Trinajstić information content (AvgIpc) is 2.39. The number of aliphatic hydroxyl groups excluding tert-OH is 1. The molecular formula is C13H19ClFNO3S. The second kappa shape index (κ2) is 7.93. The standard InChI is InChI=1S/C13H19ClFNO3S/c1-2-4-10(7-8-17)9-16-20(18,19)12-6-3-5-11(14)13(12)15/h3,5-6,10,16-17H,2,4,7-9H2,1H3. The predicted octanol–water partition coefficient (Wildman–Crippen LogP) is 2.56. The van der Waals surface area contributed by atoms with E-state index in [1.807, 2.05) is 6.92 Å². The molecule has 0 radical (unpaired) electrons. The molecule has 0 amide bonds. The normalized spacial score (nSPS) is 13.4. The third-order valence-electron chi connectivity index (χ3n) is 3.00. The third kappa shape index (κ3) is 4.70.